The summed E-state index contributed by atoms with van der Waals surface area (Å²) in [6, 6.07) is 0. The van der Waals surface area contributed by atoms with Crippen LogP contribution in [0.25, 0.3) is 0 Å². The van der Waals surface area contributed by atoms with E-state index in [9.17, 15) is 19.5 Å². The van der Waals surface area contributed by atoms with Crippen molar-refractivity contribution in [3.63, 3.8) is 0 Å². The van der Waals surface area contributed by atoms with Crippen molar-refractivity contribution in [3.05, 3.63) is 11.3 Å². The van der Waals surface area contributed by atoms with E-state index >= 15 is 0 Å². The van der Waals surface area contributed by atoms with Gasteiger partial charge in [-0.05, 0) is 19.3 Å². The molecule has 8 heteroatoms. The summed E-state index contributed by atoms with van der Waals surface area (Å²) in [5.74, 6) is -0.663. The van der Waals surface area contributed by atoms with Gasteiger partial charge in [0.1, 0.15) is 6.61 Å². The van der Waals surface area contributed by atoms with Crippen LogP contribution in [0.4, 0.5) is 4.79 Å². The van der Waals surface area contributed by atoms with Crippen molar-refractivity contribution in [1.29, 1.82) is 0 Å². The fourth-order valence-corrected chi connectivity index (χ4v) is 3.49. The second-order valence-corrected chi connectivity index (χ2v) is 5.92. The maximum atomic E-state index is 12.8. The van der Waals surface area contributed by atoms with Crippen molar-refractivity contribution in [2.45, 2.75) is 19.3 Å². The predicted molar refractivity (Wildman–Crippen MR) is 72.7 cm³/mol. The highest BCUT2D eigenvalue weighted by Crippen LogP contribution is 2.43. The second-order valence-electron chi connectivity index (χ2n) is 5.92. The summed E-state index contributed by atoms with van der Waals surface area (Å²) in [5.41, 5.74) is 0.0499. The molecule has 2 fully saturated rings. The number of nitrogens with zero attached hydrogens (tertiary/aromatic N) is 2. The third-order valence-electron chi connectivity index (χ3n) is 4.92. The quantitative estimate of drug-likeness (QED) is 0.683. The molecule has 3 aliphatic rings. The Kier molecular flexibility index (Phi) is 3.56. The molecule has 0 atom stereocenters. The molecule has 0 unspecified atom stereocenters. The van der Waals surface area contributed by atoms with Crippen LogP contribution in [-0.2, 0) is 14.3 Å². The van der Waals surface area contributed by atoms with Gasteiger partial charge >= 0.3 is 12.1 Å². The smallest absolute Gasteiger partial charge is 0.407 e. The first-order valence-electron chi connectivity index (χ1n) is 7.28. The third kappa shape index (κ3) is 2.14. The van der Waals surface area contributed by atoms with Gasteiger partial charge in [0.25, 0.3) is 0 Å². The van der Waals surface area contributed by atoms with Crippen LogP contribution in [0.5, 0.6) is 0 Å². The van der Waals surface area contributed by atoms with Crippen LogP contribution in [0.3, 0.4) is 0 Å². The first kappa shape index (κ1) is 14.8. The molecule has 22 heavy (non-hydrogen) atoms. The molecular formula is C14H18N2O6. The van der Waals surface area contributed by atoms with Crippen molar-refractivity contribution in [2.75, 3.05) is 32.8 Å². The van der Waals surface area contributed by atoms with E-state index in [-0.39, 0.29) is 18.1 Å². The van der Waals surface area contributed by atoms with Gasteiger partial charge in [0.2, 0.25) is 5.91 Å². The summed E-state index contributed by atoms with van der Waals surface area (Å²) < 4.78 is 4.90. The van der Waals surface area contributed by atoms with E-state index < -0.39 is 24.1 Å². The Labute approximate surface area is 126 Å². The minimum atomic E-state index is -0.961. The highest BCUT2D eigenvalue weighted by molar-refractivity contribution is 5.95. The Morgan fingerprint density at radius 2 is 1.82 bits per heavy atom. The molecule has 0 aromatic carbocycles. The number of aliphatic hydroxyl groups excluding tert-OH is 1. The van der Waals surface area contributed by atoms with Gasteiger partial charge in [0, 0.05) is 19.6 Å². The topological polar surface area (TPSA) is 107 Å². The lowest BCUT2D eigenvalue weighted by molar-refractivity contribution is -0.138. The number of esters is 1. The van der Waals surface area contributed by atoms with Crippen LogP contribution in [0.2, 0.25) is 0 Å². The van der Waals surface area contributed by atoms with E-state index in [4.69, 9.17) is 9.84 Å². The number of piperidine rings is 1. The lowest BCUT2D eigenvalue weighted by Crippen LogP contribution is -2.46. The molecule has 0 radical (unpaired) electrons. The van der Waals surface area contributed by atoms with Gasteiger partial charge in [-0.25, -0.2) is 9.59 Å². The van der Waals surface area contributed by atoms with Crippen LogP contribution in [0.15, 0.2) is 11.3 Å². The Morgan fingerprint density at radius 1 is 1.18 bits per heavy atom. The van der Waals surface area contributed by atoms with Gasteiger partial charge in [0.05, 0.1) is 23.3 Å². The van der Waals surface area contributed by atoms with Gasteiger partial charge in [-0.1, -0.05) is 0 Å². The molecule has 3 aliphatic heterocycles. The molecule has 3 heterocycles. The highest BCUT2D eigenvalue weighted by Gasteiger charge is 2.50. The Morgan fingerprint density at radius 3 is 2.41 bits per heavy atom. The van der Waals surface area contributed by atoms with Crippen LogP contribution in [0.1, 0.15) is 19.3 Å². The molecule has 3 rings (SSSR count). The van der Waals surface area contributed by atoms with Gasteiger partial charge in [-0.15, -0.1) is 0 Å². The zero-order valence-electron chi connectivity index (χ0n) is 12.1. The standard InChI is InChI=1S/C14H18N2O6/c17-7-9-10(8-22-11(9)18)16-6-3-14(12(16)19)1-4-15(5-2-14)13(20)21/h17H,1-8H2,(H,20,21). The molecule has 2 N–H and O–H groups in total. The minimum Gasteiger partial charge on any atom is -0.465 e. The van der Waals surface area contributed by atoms with E-state index in [1.165, 1.54) is 9.80 Å². The van der Waals surface area contributed by atoms with Gasteiger partial charge < -0.3 is 24.7 Å². The minimum absolute atomic E-state index is 0.0117. The Bertz CT molecular complexity index is 562. The number of carboxylic acid groups (broad SMARTS) is 1. The summed E-state index contributed by atoms with van der Waals surface area (Å²) >= 11 is 0. The molecule has 0 saturated carbocycles. The monoisotopic (exact) mass is 310 g/mol. The number of amides is 2. The first-order chi connectivity index (χ1) is 10.5. The van der Waals surface area contributed by atoms with Crippen molar-refractivity contribution in [3.8, 4) is 0 Å². The van der Waals surface area contributed by atoms with Crippen LogP contribution in [0, 0.1) is 5.41 Å². The molecule has 0 aromatic heterocycles. The number of cyclic esters (lactones) is 1. The predicted octanol–water partition coefficient (Wildman–Crippen LogP) is -0.218. The van der Waals surface area contributed by atoms with E-state index in [0.717, 1.165) is 0 Å². The van der Waals surface area contributed by atoms with Crippen molar-refractivity contribution in [2.24, 2.45) is 5.41 Å². The van der Waals surface area contributed by atoms with E-state index in [2.05, 4.69) is 0 Å². The maximum Gasteiger partial charge on any atom is 0.407 e. The molecule has 0 aromatic rings. The van der Waals surface area contributed by atoms with Gasteiger partial charge in [-0.2, -0.15) is 0 Å². The number of hydrogen-bond acceptors (Lipinski definition) is 5. The van der Waals surface area contributed by atoms with Crippen LogP contribution >= 0.6 is 0 Å². The first-order valence-corrected chi connectivity index (χ1v) is 7.28. The lowest BCUT2D eigenvalue weighted by Gasteiger charge is -2.36. The summed E-state index contributed by atoms with van der Waals surface area (Å²) in [7, 11) is 0. The molecule has 0 bridgehead atoms. The van der Waals surface area contributed by atoms with Crippen molar-refractivity contribution < 1.29 is 29.3 Å². The molecule has 1 spiro atoms. The molecule has 2 saturated heterocycles. The summed E-state index contributed by atoms with van der Waals surface area (Å²) in [6.45, 7) is 0.726. The maximum absolute atomic E-state index is 12.8. The van der Waals surface area contributed by atoms with Gasteiger partial charge in [0.15, 0.2) is 0 Å². The summed E-state index contributed by atoms with van der Waals surface area (Å²) in [4.78, 5) is 38.1. The van der Waals surface area contributed by atoms with Gasteiger partial charge in [-0.3, -0.25) is 4.79 Å². The molecule has 120 valence electrons. The zero-order valence-corrected chi connectivity index (χ0v) is 12.1. The average Bonchev–Trinajstić information content (AvgIpc) is 3.01. The van der Waals surface area contributed by atoms with Crippen molar-refractivity contribution >= 4 is 18.0 Å². The SMILES string of the molecule is O=C1OCC(N2CCC3(CCN(C(=O)O)CC3)C2=O)=C1CO. The second kappa shape index (κ2) is 5.28. The number of rotatable bonds is 2. The lowest BCUT2D eigenvalue weighted by atomic mass is 9.77. The molecular weight excluding hydrogens is 292 g/mol. The number of likely N-dealkylation sites (tertiary alicyclic amines) is 2. The number of aliphatic hydroxyl groups is 1. The summed E-state index contributed by atoms with van der Waals surface area (Å²) in [6.07, 6.45) is 0.656. The fraction of sp³-hybridized carbons (Fsp3) is 0.643. The van der Waals surface area contributed by atoms with E-state index in [1.54, 1.807) is 0 Å². The molecule has 2 amide bonds. The van der Waals surface area contributed by atoms with E-state index in [1.807, 2.05) is 0 Å². The average molecular weight is 310 g/mol. The van der Waals surface area contributed by atoms with E-state index in [0.29, 0.717) is 44.6 Å². The molecule has 8 nitrogen and oxygen atoms in total. The number of hydrogen-bond donors (Lipinski definition) is 2. The number of carbonyl (C=O) groups excluding carboxylic acids is 2. The van der Waals surface area contributed by atoms with Crippen molar-refractivity contribution in [1.82, 2.24) is 9.80 Å². The fourth-order valence-electron chi connectivity index (χ4n) is 3.49. The number of carbonyl (C=O) groups is 3. The summed E-state index contributed by atoms with van der Waals surface area (Å²) in [5, 5.41) is 18.3. The highest BCUT2D eigenvalue weighted by atomic mass is 16.5. The van der Waals surface area contributed by atoms with Crippen LogP contribution in [-0.4, -0.2) is 70.8 Å². The number of ether oxygens (including phenoxy) is 1. The zero-order chi connectivity index (χ0) is 15.9. The molecule has 0 aliphatic carbocycles. The normalized spacial score (nSPS) is 24.4. The Balaban J connectivity index is 1.78. The van der Waals surface area contributed by atoms with Crippen LogP contribution < -0.4 is 0 Å². The largest absolute Gasteiger partial charge is 0.465 e. The third-order valence-corrected chi connectivity index (χ3v) is 4.92. The Hall–Kier alpha value is -2.09.